The molecule has 1 aromatic rings. The van der Waals surface area contributed by atoms with Crippen molar-refractivity contribution in [3.05, 3.63) is 21.7 Å². The first-order valence-corrected chi connectivity index (χ1v) is 10.1. The van der Waals surface area contributed by atoms with Crippen LogP contribution in [0.15, 0.2) is 10.5 Å². The zero-order chi connectivity index (χ0) is 20.9. The van der Waals surface area contributed by atoms with Crippen LogP contribution in [-0.2, 0) is 4.74 Å². The van der Waals surface area contributed by atoms with E-state index < -0.39 is 17.4 Å². The molecule has 7 nitrogen and oxygen atoms in total. The number of fused-ring (bicyclic) bond motifs is 1. The third-order valence-corrected chi connectivity index (χ3v) is 5.76. The van der Waals surface area contributed by atoms with Crippen LogP contribution in [0.2, 0.25) is 0 Å². The Labute approximate surface area is 173 Å². The number of halogens is 1. The SMILES string of the molecule is Cc1c(C(=O)O)cc(Br)c2c1O[C@@](C)(C1CCN(C(=O)OC(C)(C)C)CC1)O2. The van der Waals surface area contributed by atoms with E-state index in [-0.39, 0.29) is 17.6 Å². The molecule has 3 rings (SSSR count). The smallest absolute Gasteiger partial charge is 0.410 e. The minimum absolute atomic E-state index is 0.0539. The Hall–Kier alpha value is -1.96. The molecule has 2 aliphatic heterocycles. The summed E-state index contributed by atoms with van der Waals surface area (Å²) in [5, 5.41) is 9.40. The highest BCUT2D eigenvalue weighted by Crippen LogP contribution is 2.51. The lowest BCUT2D eigenvalue weighted by Crippen LogP contribution is -2.50. The fraction of sp³-hybridized carbons (Fsp3) is 0.600. The standard InChI is InChI=1S/C20H26BrNO6/c1-11-13(17(23)24)10-14(21)16-15(11)26-20(5,27-16)12-6-8-22(9-7-12)18(25)28-19(2,3)4/h10,12H,6-9H2,1-5H3,(H,23,24)/t20-/m1/s1. The number of likely N-dealkylation sites (tertiary alicyclic amines) is 1. The van der Waals surface area contributed by atoms with Crippen molar-refractivity contribution in [3.8, 4) is 11.5 Å². The Bertz CT molecular complexity index is 810. The number of hydrogen-bond donors (Lipinski definition) is 1. The van der Waals surface area contributed by atoms with Crippen molar-refractivity contribution in [2.24, 2.45) is 5.92 Å². The van der Waals surface area contributed by atoms with Crippen molar-refractivity contribution < 1.29 is 28.9 Å². The van der Waals surface area contributed by atoms with E-state index in [1.165, 1.54) is 6.07 Å². The van der Waals surface area contributed by atoms with E-state index in [1.807, 2.05) is 27.7 Å². The monoisotopic (exact) mass is 455 g/mol. The van der Waals surface area contributed by atoms with Gasteiger partial charge in [-0.25, -0.2) is 9.59 Å². The number of rotatable bonds is 2. The summed E-state index contributed by atoms with van der Waals surface area (Å²) in [6, 6.07) is 1.54. The third-order valence-electron chi connectivity index (χ3n) is 5.17. The maximum absolute atomic E-state index is 12.3. The van der Waals surface area contributed by atoms with Crippen molar-refractivity contribution in [3.63, 3.8) is 0 Å². The molecule has 8 heteroatoms. The van der Waals surface area contributed by atoms with Gasteiger partial charge in [0, 0.05) is 31.5 Å². The molecule has 1 amide bonds. The van der Waals surface area contributed by atoms with Gasteiger partial charge in [-0.2, -0.15) is 0 Å². The van der Waals surface area contributed by atoms with Crippen LogP contribution in [0, 0.1) is 12.8 Å². The molecule has 0 radical (unpaired) electrons. The van der Waals surface area contributed by atoms with E-state index in [2.05, 4.69) is 15.9 Å². The van der Waals surface area contributed by atoms with Gasteiger partial charge in [0.25, 0.3) is 5.79 Å². The van der Waals surface area contributed by atoms with E-state index in [0.29, 0.717) is 47.5 Å². The van der Waals surface area contributed by atoms with Gasteiger partial charge >= 0.3 is 12.1 Å². The van der Waals surface area contributed by atoms with Crippen molar-refractivity contribution >= 4 is 28.0 Å². The van der Waals surface area contributed by atoms with Gasteiger partial charge in [-0.1, -0.05) is 0 Å². The summed E-state index contributed by atoms with van der Waals surface area (Å²) in [4.78, 5) is 25.4. The molecule has 0 bridgehead atoms. The average molecular weight is 456 g/mol. The number of benzene rings is 1. The molecule has 1 fully saturated rings. The number of piperidine rings is 1. The van der Waals surface area contributed by atoms with Gasteiger partial charge in [0.2, 0.25) is 0 Å². The first-order chi connectivity index (χ1) is 12.9. The molecule has 0 aromatic heterocycles. The lowest BCUT2D eigenvalue weighted by molar-refractivity contribution is -0.124. The fourth-order valence-corrected chi connectivity index (χ4v) is 4.14. The number of carbonyl (C=O) groups excluding carboxylic acids is 1. The van der Waals surface area contributed by atoms with Gasteiger partial charge in [-0.15, -0.1) is 0 Å². The minimum atomic E-state index is -1.01. The van der Waals surface area contributed by atoms with Gasteiger partial charge in [-0.05, 0) is 62.5 Å². The highest BCUT2D eigenvalue weighted by atomic mass is 79.9. The first-order valence-electron chi connectivity index (χ1n) is 9.33. The molecule has 0 saturated carbocycles. The molecule has 0 aliphatic carbocycles. The van der Waals surface area contributed by atoms with E-state index >= 15 is 0 Å². The van der Waals surface area contributed by atoms with Crippen molar-refractivity contribution in [1.82, 2.24) is 4.90 Å². The molecule has 0 unspecified atom stereocenters. The van der Waals surface area contributed by atoms with Crippen LogP contribution in [0.4, 0.5) is 4.79 Å². The van der Waals surface area contributed by atoms with E-state index in [4.69, 9.17) is 14.2 Å². The lowest BCUT2D eigenvalue weighted by atomic mass is 9.89. The van der Waals surface area contributed by atoms with Crippen molar-refractivity contribution in [2.45, 2.75) is 58.8 Å². The van der Waals surface area contributed by atoms with Gasteiger partial charge < -0.3 is 24.2 Å². The summed E-state index contributed by atoms with van der Waals surface area (Å²) in [5.74, 6) is -0.877. The van der Waals surface area contributed by atoms with Crippen molar-refractivity contribution in [1.29, 1.82) is 0 Å². The van der Waals surface area contributed by atoms with Gasteiger partial charge in [-0.3, -0.25) is 0 Å². The van der Waals surface area contributed by atoms with Crippen LogP contribution in [0.25, 0.3) is 0 Å². The molecule has 2 heterocycles. The Morgan fingerprint density at radius 2 is 1.82 bits per heavy atom. The van der Waals surface area contributed by atoms with Crippen molar-refractivity contribution in [2.75, 3.05) is 13.1 Å². The number of ether oxygens (including phenoxy) is 3. The summed E-state index contributed by atoms with van der Waals surface area (Å²) in [6.45, 7) is 10.2. The molecule has 0 spiro atoms. The number of carbonyl (C=O) groups is 2. The highest BCUT2D eigenvalue weighted by Gasteiger charge is 2.47. The molecule has 1 saturated heterocycles. The summed E-state index contributed by atoms with van der Waals surface area (Å²) in [6.07, 6.45) is 1.09. The van der Waals surface area contributed by atoms with Gasteiger partial charge in [0.1, 0.15) is 5.60 Å². The van der Waals surface area contributed by atoms with Crippen LogP contribution < -0.4 is 9.47 Å². The summed E-state index contributed by atoms with van der Waals surface area (Å²) in [5.41, 5.74) is 0.198. The maximum atomic E-state index is 12.3. The molecule has 1 N–H and O–H groups in total. The molecule has 2 aliphatic rings. The summed E-state index contributed by atoms with van der Waals surface area (Å²) < 4.78 is 18.3. The fourth-order valence-electron chi connectivity index (χ4n) is 3.65. The highest BCUT2D eigenvalue weighted by molar-refractivity contribution is 9.10. The van der Waals surface area contributed by atoms with Crippen LogP contribution in [0.3, 0.4) is 0 Å². The van der Waals surface area contributed by atoms with E-state index in [9.17, 15) is 14.7 Å². The van der Waals surface area contributed by atoms with Gasteiger partial charge in [0.05, 0.1) is 10.0 Å². The Morgan fingerprint density at radius 1 is 1.25 bits per heavy atom. The Kier molecular flexibility index (Phi) is 5.29. The number of carboxylic acid groups (broad SMARTS) is 1. The third kappa shape index (κ3) is 3.92. The predicted molar refractivity (Wildman–Crippen MR) is 106 cm³/mol. The second kappa shape index (κ2) is 7.13. The van der Waals surface area contributed by atoms with Gasteiger partial charge in [0.15, 0.2) is 11.5 Å². The molecular weight excluding hydrogens is 430 g/mol. The molecular formula is C20H26BrNO6. The number of aromatic carboxylic acids is 1. The van der Waals surface area contributed by atoms with Crippen LogP contribution in [0.5, 0.6) is 11.5 Å². The van der Waals surface area contributed by atoms with Crippen LogP contribution >= 0.6 is 15.9 Å². The number of nitrogens with zero attached hydrogens (tertiary/aromatic N) is 1. The first kappa shape index (κ1) is 20.8. The average Bonchev–Trinajstić information content (AvgIpc) is 2.96. The number of amides is 1. The molecule has 154 valence electrons. The topological polar surface area (TPSA) is 85.3 Å². The summed E-state index contributed by atoms with van der Waals surface area (Å²) in [7, 11) is 0. The normalized spacial score (nSPS) is 22.3. The second-order valence-electron chi connectivity index (χ2n) is 8.46. The molecule has 28 heavy (non-hydrogen) atoms. The summed E-state index contributed by atoms with van der Waals surface area (Å²) >= 11 is 3.40. The number of carboxylic acids is 1. The minimum Gasteiger partial charge on any atom is -0.478 e. The van der Waals surface area contributed by atoms with Crippen LogP contribution in [0.1, 0.15) is 56.5 Å². The molecule has 1 atom stereocenters. The van der Waals surface area contributed by atoms with Crippen LogP contribution in [-0.4, -0.2) is 46.5 Å². The Balaban J connectivity index is 1.72. The molecule has 1 aromatic carbocycles. The maximum Gasteiger partial charge on any atom is 0.410 e. The number of hydrogen-bond acceptors (Lipinski definition) is 5. The van der Waals surface area contributed by atoms with E-state index in [1.54, 1.807) is 11.8 Å². The van der Waals surface area contributed by atoms with E-state index in [0.717, 1.165) is 0 Å². The zero-order valence-electron chi connectivity index (χ0n) is 16.8. The largest absolute Gasteiger partial charge is 0.478 e. The zero-order valence-corrected chi connectivity index (χ0v) is 18.4. The Morgan fingerprint density at radius 3 is 2.36 bits per heavy atom. The predicted octanol–water partition coefficient (Wildman–Crippen LogP) is 4.59. The second-order valence-corrected chi connectivity index (χ2v) is 9.31. The lowest BCUT2D eigenvalue weighted by Gasteiger charge is -2.39. The quantitative estimate of drug-likeness (QED) is 0.701.